The van der Waals surface area contributed by atoms with E-state index in [4.69, 9.17) is 0 Å². The number of carbonyl (C=O) groups excluding carboxylic acids is 1. The average Bonchev–Trinajstić information content (AvgIpc) is 2.71. The molecule has 1 amide bonds. The maximum Gasteiger partial charge on any atom is 0.251 e. The van der Waals surface area contributed by atoms with Crippen LogP contribution in [0, 0.1) is 0 Å². The quantitative estimate of drug-likeness (QED) is 0.595. The van der Waals surface area contributed by atoms with Gasteiger partial charge in [0.15, 0.2) is 0 Å². The van der Waals surface area contributed by atoms with Crippen molar-refractivity contribution >= 4 is 31.9 Å². The highest BCUT2D eigenvalue weighted by molar-refractivity contribution is 9.10. The second kappa shape index (κ2) is 10.3. The van der Waals surface area contributed by atoms with Crippen LogP contribution < -0.4 is 5.32 Å². The smallest absolute Gasteiger partial charge is 0.251 e. The Bertz CT molecular complexity index is 940. The van der Waals surface area contributed by atoms with Crippen LogP contribution in [0.2, 0.25) is 0 Å². The number of hydrogen-bond acceptors (Lipinski definition) is 4. The SMILES string of the molecule is CCN(CC)Cc1ccc(CNC(=O)c2ccc(Br)c(S(=O)(=O)N(C)C)c2)cc1. The molecule has 0 unspecified atom stereocenters. The van der Waals surface area contributed by atoms with Gasteiger partial charge in [-0.25, -0.2) is 12.7 Å². The number of rotatable bonds is 9. The molecular formula is C21H28BrN3O3S. The zero-order valence-electron chi connectivity index (χ0n) is 17.3. The summed E-state index contributed by atoms with van der Waals surface area (Å²) in [5.74, 6) is -0.320. The van der Waals surface area contributed by atoms with Crippen molar-refractivity contribution in [1.29, 1.82) is 0 Å². The first kappa shape index (κ1) is 23.5. The number of amides is 1. The molecule has 6 nitrogen and oxygen atoms in total. The van der Waals surface area contributed by atoms with Gasteiger partial charge in [0.2, 0.25) is 10.0 Å². The van der Waals surface area contributed by atoms with E-state index in [9.17, 15) is 13.2 Å². The molecule has 0 aliphatic rings. The number of sulfonamides is 1. The topological polar surface area (TPSA) is 69.7 Å². The molecule has 0 atom stereocenters. The molecule has 0 spiro atoms. The zero-order chi connectivity index (χ0) is 21.6. The standard InChI is InChI=1S/C21H28BrN3O3S/c1-5-25(6-2)15-17-9-7-16(8-10-17)14-23-21(26)18-11-12-19(22)20(13-18)29(27,28)24(3)4/h7-13H,5-6,14-15H2,1-4H3,(H,23,26). The largest absolute Gasteiger partial charge is 0.348 e. The minimum atomic E-state index is -3.65. The number of hydrogen-bond donors (Lipinski definition) is 1. The van der Waals surface area contributed by atoms with Crippen LogP contribution >= 0.6 is 15.9 Å². The van der Waals surface area contributed by atoms with Crippen molar-refractivity contribution in [3.63, 3.8) is 0 Å². The highest BCUT2D eigenvalue weighted by Crippen LogP contribution is 2.25. The molecule has 2 aromatic carbocycles. The van der Waals surface area contributed by atoms with Gasteiger partial charge in [-0.3, -0.25) is 9.69 Å². The summed E-state index contributed by atoms with van der Waals surface area (Å²) in [6.07, 6.45) is 0. The maximum atomic E-state index is 12.5. The van der Waals surface area contributed by atoms with Crippen molar-refractivity contribution in [3.05, 3.63) is 63.6 Å². The minimum absolute atomic E-state index is 0.0657. The summed E-state index contributed by atoms with van der Waals surface area (Å²) in [5, 5.41) is 2.85. The summed E-state index contributed by atoms with van der Waals surface area (Å²) in [5.41, 5.74) is 2.52. The summed E-state index contributed by atoms with van der Waals surface area (Å²) in [6.45, 7) is 7.58. The van der Waals surface area contributed by atoms with E-state index in [0.717, 1.165) is 29.5 Å². The van der Waals surface area contributed by atoms with E-state index in [1.165, 1.54) is 25.7 Å². The van der Waals surface area contributed by atoms with Gasteiger partial charge in [-0.05, 0) is 58.3 Å². The number of nitrogens with one attached hydrogen (secondary N) is 1. The predicted molar refractivity (Wildman–Crippen MR) is 119 cm³/mol. The van der Waals surface area contributed by atoms with Crippen LogP contribution in [0.25, 0.3) is 0 Å². The van der Waals surface area contributed by atoms with E-state index >= 15 is 0 Å². The lowest BCUT2D eigenvalue weighted by atomic mass is 10.1. The number of carbonyl (C=O) groups is 1. The van der Waals surface area contributed by atoms with Crippen LogP contribution in [0.5, 0.6) is 0 Å². The third-order valence-corrected chi connectivity index (χ3v) is 7.54. The van der Waals surface area contributed by atoms with Crippen LogP contribution in [-0.2, 0) is 23.1 Å². The van der Waals surface area contributed by atoms with Crippen LogP contribution in [0.4, 0.5) is 0 Å². The van der Waals surface area contributed by atoms with Crippen LogP contribution in [0.3, 0.4) is 0 Å². The first-order chi connectivity index (χ1) is 13.7. The third kappa shape index (κ3) is 6.12. The molecule has 29 heavy (non-hydrogen) atoms. The molecule has 0 aliphatic carbocycles. The maximum absolute atomic E-state index is 12.5. The summed E-state index contributed by atoms with van der Waals surface area (Å²) in [7, 11) is -0.734. The molecule has 0 saturated heterocycles. The summed E-state index contributed by atoms with van der Waals surface area (Å²) < 4.78 is 26.4. The Hall–Kier alpha value is -1.74. The van der Waals surface area contributed by atoms with Crippen molar-refractivity contribution in [3.8, 4) is 0 Å². The Labute approximate surface area is 182 Å². The molecular weight excluding hydrogens is 454 g/mol. The van der Waals surface area contributed by atoms with Gasteiger partial charge in [-0.1, -0.05) is 38.1 Å². The lowest BCUT2D eigenvalue weighted by molar-refractivity contribution is 0.0950. The Kier molecular flexibility index (Phi) is 8.39. The van der Waals surface area contributed by atoms with E-state index in [0.29, 0.717) is 16.6 Å². The van der Waals surface area contributed by atoms with Gasteiger partial charge in [0.05, 0.1) is 4.90 Å². The fourth-order valence-electron chi connectivity index (χ4n) is 2.79. The molecule has 0 fully saturated rings. The molecule has 1 N–H and O–H groups in total. The fourth-order valence-corrected chi connectivity index (χ4v) is 4.64. The number of nitrogens with zero attached hydrogens (tertiary/aromatic N) is 2. The molecule has 158 valence electrons. The van der Waals surface area contributed by atoms with E-state index in [-0.39, 0.29) is 10.8 Å². The summed E-state index contributed by atoms with van der Waals surface area (Å²) in [4.78, 5) is 14.9. The van der Waals surface area contributed by atoms with Crippen LogP contribution in [0.15, 0.2) is 51.8 Å². The highest BCUT2D eigenvalue weighted by atomic mass is 79.9. The summed E-state index contributed by atoms with van der Waals surface area (Å²) >= 11 is 3.25. The second-order valence-corrected chi connectivity index (χ2v) is 9.87. The molecule has 0 saturated carbocycles. The summed E-state index contributed by atoms with van der Waals surface area (Å²) in [6, 6.07) is 12.7. The lowest BCUT2D eigenvalue weighted by Gasteiger charge is -2.18. The van der Waals surface area contributed by atoms with Gasteiger partial charge in [0.25, 0.3) is 5.91 Å². The first-order valence-corrected chi connectivity index (χ1v) is 11.7. The highest BCUT2D eigenvalue weighted by Gasteiger charge is 2.22. The van der Waals surface area contributed by atoms with Gasteiger partial charge in [0.1, 0.15) is 0 Å². The zero-order valence-corrected chi connectivity index (χ0v) is 19.7. The Morgan fingerprint density at radius 3 is 2.14 bits per heavy atom. The lowest BCUT2D eigenvalue weighted by Crippen LogP contribution is -2.25. The second-order valence-electron chi connectivity index (χ2n) is 6.89. The molecule has 2 rings (SSSR count). The molecule has 0 heterocycles. The van der Waals surface area contributed by atoms with E-state index in [2.05, 4.69) is 52.1 Å². The predicted octanol–water partition coefficient (Wildman–Crippen LogP) is 3.47. The van der Waals surface area contributed by atoms with Gasteiger partial charge in [-0.2, -0.15) is 0 Å². The number of halogens is 1. The Morgan fingerprint density at radius 2 is 1.59 bits per heavy atom. The monoisotopic (exact) mass is 481 g/mol. The molecule has 0 radical (unpaired) electrons. The van der Waals surface area contributed by atoms with Crippen molar-refractivity contribution in [1.82, 2.24) is 14.5 Å². The minimum Gasteiger partial charge on any atom is -0.348 e. The molecule has 8 heteroatoms. The third-order valence-electron chi connectivity index (χ3n) is 4.73. The first-order valence-electron chi connectivity index (χ1n) is 9.49. The molecule has 0 aliphatic heterocycles. The van der Waals surface area contributed by atoms with E-state index < -0.39 is 10.0 Å². The average molecular weight is 482 g/mol. The number of benzene rings is 2. The van der Waals surface area contributed by atoms with Gasteiger partial charge >= 0.3 is 0 Å². The fraction of sp³-hybridized carbons (Fsp3) is 0.381. The van der Waals surface area contributed by atoms with E-state index in [1.54, 1.807) is 12.1 Å². The Morgan fingerprint density at radius 1 is 1.00 bits per heavy atom. The molecule has 0 aromatic heterocycles. The van der Waals surface area contributed by atoms with Gasteiger partial charge < -0.3 is 5.32 Å². The van der Waals surface area contributed by atoms with Gasteiger partial charge in [0, 0.05) is 37.2 Å². The van der Waals surface area contributed by atoms with Crippen molar-refractivity contribution in [2.24, 2.45) is 0 Å². The van der Waals surface area contributed by atoms with Crippen molar-refractivity contribution in [2.45, 2.75) is 31.8 Å². The molecule has 2 aromatic rings. The van der Waals surface area contributed by atoms with Crippen molar-refractivity contribution < 1.29 is 13.2 Å². The van der Waals surface area contributed by atoms with Crippen molar-refractivity contribution in [2.75, 3.05) is 27.2 Å². The van der Waals surface area contributed by atoms with Crippen LogP contribution in [0.1, 0.15) is 35.3 Å². The Balaban J connectivity index is 2.06. The van der Waals surface area contributed by atoms with Gasteiger partial charge in [-0.15, -0.1) is 0 Å². The molecule has 0 bridgehead atoms. The normalized spacial score (nSPS) is 11.8. The van der Waals surface area contributed by atoms with E-state index in [1.807, 2.05) is 12.1 Å². The van der Waals surface area contributed by atoms with Crippen LogP contribution in [-0.4, -0.2) is 50.7 Å².